The number of hydrogen-bond acceptors (Lipinski definition) is 7. The summed E-state index contributed by atoms with van der Waals surface area (Å²) in [5, 5.41) is 10.1. The summed E-state index contributed by atoms with van der Waals surface area (Å²) in [7, 11) is 1.66. The van der Waals surface area contributed by atoms with Crippen LogP contribution in [-0.2, 0) is 14.8 Å². The molecule has 0 fully saturated rings. The van der Waals surface area contributed by atoms with Crippen LogP contribution in [0, 0.1) is 12.8 Å². The predicted molar refractivity (Wildman–Crippen MR) is 162 cm³/mol. The molecule has 0 aromatic heterocycles. The molecule has 0 saturated heterocycles. The van der Waals surface area contributed by atoms with Crippen LogP contribution in [-0.4, -0.2) is 94.3 Å². The van der Waals surface area contributed by atoms with E-state index in [9.17, 15) is 18.3 Å². The van der Waals surface area contributed by atoms with Gasteiger partial charge in [-0.2, -0.15) is 4.31 Å². The Morgan fingerprint density at radius 1 is 1.07 bits per heavy atom. The third-order valence-electron chi connectivity index (χ3n) is 7.72. The molecule has 0 unspecified atom stereocenters. The van der Waals surface area contributed by atoms with E-state index >= 15 is 0 Å². The van der Waals surface area contributed by atoms with Gasteiger partial charge in [0.2, 0.25) is 10.0 Å². The van der Waals surface area contributed by atoms with Crippen LogP contribution >= 0.6 is 0 Å². The molecule has 2 aromatic carbocycles. The summed E-state index contributed by atoms with van der Waals surface area (Å²) in [5.41, 5.74) is 2.28. The lowest BCUT2D eigenvalue weighted by atomic mass is 10.0. The number of amides is 1. The molecule has 2 aromatic rings. The molecular weight excluding hydrogens is 542 g/mol. The Balaban J connectivity index is 1.96. The van der Waals surface area contributed by atoms with Gasteiger partial charge in [0.05, 0.1) is 35.3 Å². The van der Waals surface area contributed by atoms with Gasteiger partial charge in [0.15, 0.2) is 0 Å². The highest BCUT2D eigenvalue weighted by Crippen LogP contribution is 2.29. The van der Waals surface area contributed by atoms with Gasteiger partial charge < -0.3 is 24.4 Å². The van der Waals surface area contributed by atoms with Crippen molar-refractivity contribution in [3.8, 4) is 5.75 Å². The van der Waals surface area contributed by atoms with Crippen molar-refractivity contribution in [1.29, 1.82) is 0 Å². The van der Waals surface area contributed by atoms with E-state index in [1.54, 1.807) is 43.1 Å². The highest BCUT2D eigenvalue weighted by Gasteiger charge is 2.32. The molecule has 0 radical (unpaired) electrons. The molecule has 1 amide bonds. The zero-order chi connectivity index (χ0) is 30.3. The summed E-state index contributed by atoms with van der Waals surface area (Å²) in [6.45, 7) is 8.32. The Morgan fingerprint density at radius 2 is 1.76 bits per heavy atom. The van der Waals surface area contributed by atoms with Crippen LogP contribution in [0.25, 0.3) is 0 Å². The number of ether oxygens (including phenoxy) is 2. The molecular formula is C31H47N3O6S. The first kappa shape index (κ1) is 32.8. The van der Waals surface area contributed by atoms with Crippen LogP contribution in [0.2, 0.25) is 0 Å². The van der Waals surface area contributed by atoms with E-state index < -0.39 is 22.2 Å². The maximum absolute atomic E-state index is 14.1. The number of nitrogens with zero attached hydrogens (tertiary/aromatic N) is 3. The summed E-state index contributed by atoms with van der Waals surface area (Å²) >= 11 is 0. The fourth-order valence-corrected chi connectivity index (χ4v) is 6.08. The van der Waals surface area contributed by atoms with Gasteiger partial charge in [0.1, 0.15) is 5.75 Å². The van der Waals surface area contributed by atoms with Crippen molar-refractivity contribution in [1.82, 2.24) is 9.21 Å². The van der Waals surface area contributed by atoms with E-state index in [0.29, 0.717) is 17.9 Å². The fraction of sp³-hybridized carbons (Fsp3) is 0.581. The monoisotopic (exact) mass is 589 g/mol. The molecule has 3 rings (SSSR count). The van der Waals surface area contributed by atoms with E-state index in [2.05, 4.69) is 0 Å². The zero-order valence-electron chi connectivity index (χ0n) is 25.5. The van der Waals surface area contributed by atoms with Gasteiger partial charge in [-0.15, -0.1) is 0 Å². The Bertz CT molecular complexity index is 1250. The molecule has 4 atom stereocenters. The van der Waals surface area contributed by atoms with E-state index in [1.165, 1.54) is 4.31 Å². The Labute approximate surface area is 246 Å². The first-order valence-electron chi connectivity index (χ1n) is 14.4. The van der Waals surface area contributed by atoms with Crippen LogP contribution in [0.5, 0.6) is 5.75 Å². The van der Waals surface area contributed by atoms with Crippen LogP contribution < -0.4 is 9.64 Å². The lowest BCUT2D eigenvalue weighted by Crippen LogP contribution is -2.48. The van der Waals surface area contributed by atoms with E-state index in [0.717, 1.165) is 30.5 Å². The first-order valence-corrected chi connectivity index (χ1v) is 15.8. The molecule has 1 heterocycles. The first-order chi connectivity index (χ1) is 19.3. The lowest BCUT2D eigenvalue weighted by Gasteiger charge is -2.35. The Kier molecular flexibility index (Phi) is 11.6. The standard InChI is InChI=1S/C31H47N3O6S/c1-22-11-14-27(15-12-22)41(37,38)33(7)20-30-23(2)19-34(24(3)21-35)31(36)28-18-26(32(5)6)13-16-29(28)40-25(4)10-8-9-17-39-30/h11-16,18,23-25,30,35H,8-10,17,19-21H2,1-7H3/t23-,24-,25+,30+/m1/s1. The van der Waals surface area contributed by atoms with Crippen LogP contribution in [0.3, 0.4) is 0 Å². The van der Waals surface area contributed by atoms with Crippen LogP contribution in [0.15, 0.2) is 47.4 Å². The molecule has 10 heteroatoms. The van der Waals surface area contributed by atoms with Crippen molar-refractivity contribution in [2.24, 2.45) is 5.92 Å². The number of benzene rings is 2. The minimum absolute atomic E-state index is 0.112. The van der Waals surface area contributed by atoms with Crippen molar-refractivity contribution < 1.29 is 27.8 Å². The van der Waals surface area contributed by atoms with E-state index in [1.807, 2.05) is 58.0 Å². The zero-order valence-corrected chi connectivity index (χ0v) is 26.4. The van der Waals surface area contributed by atoms with Crippen molar-refractivity contribution >= 4 is 21.6 Å². The molecule has 1 aliphatic rings. The van der Waals surface area contributed by atoms with E-state index in [-0.39, 0.29) is 42.5 Å². The van der Waals surface area contributed by atoms with Gasteiger partial charge >= 0.3 is 0 Å². The minimum Gasteiger partial charge on any atom is -0.490 e. The maximum atomic E-state index is 14.1. The molecule has 0 spiro atoms. The van der Waals surface area contributed by atoms with Gasteiger partial charge in [-0.25, -0.2) is 8.42 Å². The summed E-state index contributed by atoms with van der Waals surface area (Å²) in [5.74, 6) is 0.0392. The quantitative estimate of drug-likeness (QED) is 0.517. The number of aliphatic hydroxyl groups is 1. The van der Waals surface area contributed by atoms with Crippen molar-refractivity contribution in [3.05, 3.63) is 53.6 Å². The summed E-state index contributed by atoms with van der Waals surface area (Å²) in [4.78, 5) is 17.9. The number of hydrogen-bond donors (Lipinski definition) is 1. The van der Waals surface area contributed by atoms with Crippen molar-refractivity contribution in [3.63, 3.8) is 0 Å². The topological polar surface area (TPSA) is 99.6 Å². The number of aryl methyl sites for hydroxylation is 1. The number of aliphatic hydroxyl groups excluding tert-OH is 1. The average Bonchev–Trinajstić information content (AvgIpc) is 2.93. The normalized spacial score (nSPS) is 22.0. The second-order valence-electron chi connectivity index (χ2n) is 11.5. The number of fused-ring (bicyclic) bond motifs is 1. The second-order valence-corrected chi connectivity index (χ2v) is 13.5. The van der Waals surface area contributed by atoms with Gasteiger partial charge in [-0.05, 0) is 70.4 Å². The largest absolute Gasteiger partial charge is 0.490 e. The van der Waals surface area contributed by atoms with Crippen LogP contribution in [0.1, 0.15) is 56.0 Å². The summed E-state index contributed by atoms with van der Waals surface area (Å²) in [6, 6.07) is 11.9. The van der Waals surface area contributed by atoms with Crippen LogP contribution in [0.4, 0.5) is 5.69 Å². The maximum Gasteiger partial charge on any atom is 0.258 e. The molecule has 0 saturated carbocycles. The summed E-state index contributed by atoms with van der Waals surface area (Å²) in [6.07, 6.45) is 1.87. The predicted octanol–water partition coefficient (Wildman–Crippen LogP) is 4.18. The lowest BCUT2D eigenvalue weighted by molar-refractivity contribution is -0.00833. The number of anilines is 1. The number of rotatable bonds is 7. The minimum atomic E-state index is -3.73. The smallest absolute Gasteiger partial charge is 0.258 e. The number of sulfonamides is 1. The third kappa shape index (κ3) is 8.44. The summed E-state index contributed by atoms with van der Waals surface area (Å²) < 4.78 is 40.6. The highest BCUT2D eigenvalue weighted by atomic mass is 32.2. The molecule has 228 valence electrons. The number of carbonyl (C=O) groups excluding carboxylic acids is 1. The molecule has 1 aliphatic heterocycles. The highest BCUT2D eigenvalue weighted by molar-refractivity contribution is 7.89. The van der Waals surface area contributed by atoms with Gasteiger partial charge in [0.25, 0.3) is 5.91 Å². The number of carbonyl (C=O) groups is 1. The van der Waals surface area contributed by atoms with E-state index in [4.69, 9.17) is 9.47 Å². The Hall–Kier alpha value is -2.66. The fourth-order valence-electron chi connectivity index (χ4n) is 4.89. The molecule has 41 heavy (non-hydrogen) atoms. The second kappa shape index (κ2) is 14.5. The van der Waals surface area contributed by atoms with Gasteiger partial charge in [-0.3, -0.25) is 4.79 Å². The molecule has 1 N–H and O–H groups in total. The molecule has 0 bridgehead atoms. The average molecular weight is 590 g/mol. The van der Waals surface area contributed by atoms with Gasteiger partial charge in [0, 0.05) is 52.4 Å². The van der Waals surface area contributed by atoms with Gasteiger partial charge in [-0.1, -0.05) is 24.6 Å². The van der Waals surface area contributed by atoms with Crippen molar-refractivity contribution in [2.45, 2.75) is 70.1 Å². The third-order valence-corrected chi connectivity index (χ3v) is 9.56. The Morgan fingerprint density at radius 3 is 2.39 bits per heavy atom. The molecule has 9 nitrogen and oxygen atoms in total. The number of likely N-dealkylation sites (N-methyl/N-ethyl adjacent to an activating group) is 1. The SMILES string of the molecule is Cc1ccc(S(=O)(=O)N(C)C[C@@H]2OCCCC[C@H](C)Oc3ccc(N(C)C)cc3C(=O)N([C@H](C)CO)C[C@H]2C)cc1. The molecule has 0 aliphatic carbocycles. The van der Waals surface area contributed by atoms with Crippen molar-refractivity contribution in [2.75, 3.05) is 52.3 Å².